The lowest BCUT2D eigenvalue weighted by Crippen LogP contribution is -2.69. The van der Waals surface area contributed by atoms with Crippen molar-refractivity contribution in [2.75, 3.05) is 26.4 Å². The summed E-state index contributed by atoms with van der Waals surface area (Å²) >= 11 is 0. The van der Waals surface area contributed by atoms with Gasteiger partial charge in [-0.2, -0.15) is 0 Å². The van der Waals surface area contributed by atoms with Gasteiger partial charge < -0.3 is 76.2 Å². The monoisotopic (exact) mass is 1170 g/mol. The largest absolute Gasteiger partial charge is 0.463 e. The standard InChI is InChI=1S/C62H62O23/c1-5-31-71-60-50(46(66)47-43(77-60)34-74-59(83-47)42-29-19-10-20-30-42)84-61-53(76-37(4)65)52(48(75-36(3)64)44(78-61)32-72-35(2)63)85-62-54(82-58(70)41-27-17-9-18-28-41)51(81-57(69)40-25-15-8-16-26-40)49(80-56(68)39-23-13-7-14-24-39)45(79-62)33-73-55(67)38-21-11-6-12-22-38/h5-30,43-54,59-62,66H,1,31-34H2,2-4H3/t43-,44-,45-,46+,47-,48-,49-,50-,51+,52+,53-,54-,59?,60+,61+,62+/m1/s1. The number of aliphatic hydroxyl groups is 1. The molecule has 4 fully saturated rings. The summed E-state index contributed by atoms with van der Waals surface area (Å²) in [6.07, 6.45) is -25.2. The van der Waals surface area contributed by atoms with Crippen LogP contribution in [0.3, 0.4) is 0 Å². The van der Waals surface area contributed by atoms with E-state index in [0.717, 1.165) is 20.8 Å². The van der Waals surface area contributed by atoms with Crippen LogP contribution in [0.4, 0.5) is 0 Å². The van der Waals surface area contributed by atoms with E-state index in [-0.39, 0.29) is 35.5 Å². The Morgan fingerprint density at radius 1 is 0.471 bits per heavy atom. The second-order valence-corrected chi connectivity index (χ2v) is 19.7. The molecule has 0 radical (unpaired) electrons. The van der Waals surface area contributed by atoms with Gasteiger partial charge in [-0.1, -0.05) is 109 Å². The van der Waals surface area contributed by atoms with Gasteiger partial charge in [-0.15, -0.1) is 6.58 Å². The first-order valence-electron chi connectivity index (χ1n) is 27.1. The van der Waals surface area contributed by atoms with Crippen molar-refractivity contribution in [2.45, 2.75) is 119 Å². The van der Waals surface area contributed by atoms with Crippen LogP contribution in [0.1, 0.15) is 74.1 Å². The third-order valence-electron chi connectivity index (χ3n) is 13.7. The number of fused-ring (bicyclic) bond motifs is 1. The van der Waals surface area contributed by atoms with Crippen LogP contribution >= 0.6 is 0 Å². The van der Waals surface area contributed by atoms with Crippen LogP contribution in [-0.2, 0) is 85.4 Å². The first-order valence-corrected chi connectivity index (χ1v) is 27.1. The van der Waals surface area contributed by atoms with Crippen molar-refractivity contribution in [3.8, 4) is 0 Å². The maximum absolute atomic E-state index is 14.5. The van der Waals surface area contributed by atoms with E-state index in [1.807, 2.05) is 0 Å². The predicted molar refractivity (Wildman–Crippen MR) is 289 cm³/mol. The fourth-order valence-electron chi connectivity index (χ4n) is 9.86. The third-order valence-corrected chi connectivity index (χ3v) is 13.7. The van der Waals surface area contributed by atoms with E-state index in [9.17, 15) is 38.7 Å². The molecular formula is C62H62O23. The highest BCUT2D eigenvalue weighted by Crippen LogP contribution is 2.40. The molecule has 5 aromatic carbocycles. The number of rotatable bonds is 21. The van der Waals surface area contributed by atoms with Crippen LogP contribution < -0.4 is 0 Å². The van der Waals surface area contributed by atoms with Gasteiger partial charge in [-0.05, 0) is 48.5 Å². The van der Waals surface area contributed by atoms with Gasteiger partial charge >= 0.3 is 41.8 Å². The maximum Gasteiger partial charge on any atom is 0.338 e. The van der Waals surface area contributed by atoms with Crippen molar-refractivity contribution in [3.05, 3.63) is 192 Å². The first kappa shape index (κ1) is 61.3. The summed E-state index contributed by atoms with van der Waals surface area (Å²) in [5.74, 6) is -6.73. The fraction of sp³-hybridized carbons (Fsp3) is 0.371. The van der Waals surface area contributed by atoms with Gasteiger partial charge in [0, 0.05) is 26.3 Å². The topological polar surface area (TPSA) is 278 Å². The Balaban J connectivity index is 1.16. The van der Waals surface area contributed by atoms with Crippen LogP contribution in [-0.4, -0.2) is 165 Å². The minimum atomic E-state index is -2.12. The number of hydrogen-bond acceptors (Lipinski definition) is 23. The predicted octanol–water partition coefficient (Wildman–Crippen LogP) is 5.57. The maximum atomic E-state index is 14.5. The molecule has 9 rings (SSSR count). The molecule has 85 heavy (non-hydrogen) atoms. The number of carbonyl (C=O) groups excluding carboxylic acids is 7. The minimum Gasteiger partial charge on any atom is -0.463 e. The van der Waals surface area contributed by atoms with E-state index < -0.39 is 153 Å². The molecule has 16 atom stereocenters. The highest BCUT2D eigenvalue weighted by molar-refractivity contribution is 5.91. The summed E-state index contributed by atoms with van der Waals surface area (Å²) < 4.78 is 93.3. The van der Waals surface area contributed by atoms with E-state index >= 15 is 0 Å². The third kappa shape index (κ3) is 15.6. The van der Waals surface area contributed by atoms with Crippen LogP contribution in [0.25, 0.3) is 0 Å². The molecule has 4 saturated heterocycles. The van der Waals surface area contributed by atoms with Gasteiger partial charge in [0.1, 0.15) is 55.9 Å². The van der Waals surface area contributed by atoms with Crippen molar-refractivity contribution in [1.82, 2.24) is 0 Å². The zero-order chi connectivity index (χ0) is 60.0. The number of aliphatic hydroxyl groups excluding tert-OH is 1. The van der Waals surface area contributed by atoms with Crippen LogP contribution in [0.2, 0.25) is 0 Å². The Morgan fingerprint density at radius 3 is 1.39 bits per heavy atom. The molecule has 4 aliphatic heterocycles. The summed E-state index contributed by atoms with van der Waals surface area (Å²) in [6, 6.07) is 39.6. The zero-order valence-electron chi connectivity index (χ0n) is 46.2. The summed E-state index contributed by atoms with van der Waals surface area (Å²) in [7, 11) is 0. The van der Waals surface area contributed by atoms with Gasteiger partial charge in [0.2, 0.25) is 0 Å². The number of esters is 7. The molecule has 0 aromatic heterocycles. The first-order chi connectivity index (χ1) is 41.1. The average molecular weight is 1180 g/mol. The molecule has 0 amide bonds. The van der Waals surface area contributed by atoms with Crippen molar-refractivity contribution in [2.24, 2.45) is 0 Å². The number of benzene rings is 5. The molecule has 0 bridgehead atoms. The van der Waals surface area contributed by atoms with E-state index in [0.29, 0.717) is 5.56 Å². The smallest absolute Gasteiger partial charge is 0.338 e. The lowest BCUT2D eigenvalue weighted by Gasteiger charge is -2.51. The normalized spacial score (nSPS) is 28.8. The summed E-state index contributed by atoms with van der Waals surface area (Å²) in [5.41, 5.74) is 0.701. The van der Waals surface area contributed by atoms with Crippen LogP contribution in [0, 0.1) is 0 Å². The quantitative estimate of drug-likeness (QED) is 0.0534. The summed E-state index contributed by atoms with van der Waals surface area (Å²) in [4.78, 5) is 96.5. The Hall–Kier alpha value is -8.23. The molecule has 23 nitrogen and oxygen atoms in total. The Labute approximate surface area is 487 Å². The Morgan fingerprint density at radius 2 is 0.894 bits per heavy atom. The molecule has 4 aliphatic rings. The second kappa shape index (κ2) is 29.0. The molecule has 1 unspecified atom stereocenters. The molecular weight excluding hydrogens is 1110 g/mol. The molecule has 23 heteroatoms. The minimum absolute atomic E-state index is 0.0142. The lowest BCUT2D eigenvalue weighted by atomic mass is 9.95. The molecule has 448 valence electrons. The second-order valence-electron chi connectivity index (χ2n) is 19.7. The van der Waals surface area contributed by atoms with Crippen molar-refractivity contribution >= 4 is 41.8 Å². The highest BCUT2D eigenvalue weighted by atomic mass is 16.8. The van der Waals surface area contributed by atoms with Gasteiger partial charge in [0.25, 0.3) is 0 Å². The van der Waals surface area contributed by atoms with Crippen LogP contribution in [0.15, 0.2) is 164 Å². The van der Waals surface area contributed by atoms with Crippen molar-refractivity contribution < 1.29 is 110 Å². The van der Waals surface area contributed by atoms with E-state index in [1.165, 1.54) is 54.6 Å². The van der Waals surface area contributed by atoms with Gasteiger partial charge in [0.05, 0.1) is 35.5 Å². The van der Waals surface area contributed by atoms with Crippen LogP contribution in [0.5, 0.6) is 0 Å². The van der Waals surface area contributed by atoms with Gasteiger partial charge in [-0.25, -0.2) is 19.2 Å². The summed E-state index contributed by atoms with van der Waals surface area (Å²) in [6.45, 7) is 5.21. The van der Waals surface area contributed by atoms with Gasteiger partial charge in [-0.3, -0.25) is 14.4 Å². The zero-order valence-corrected chi connectivity index (χ0v) is 46.2. The molecule has 0 saturated carbocycles. The number of carbonyl (C=O) groups is 7. The summed E-state index contributed by atoms with van der Waals surface area (Å²) in [5, 5.41) is 12.4. The molecule has 0 aliphatic carbocycles. The van der Waals surface area contributed by atoms with E-state index in [1.54, 1.807) is 103 Å². The fourth-order valence-corrected chi connectivity index (χ4v) is 9.86. The molecule has 5 aromatic rings. The Kier molecular flexibility index (Phi) is 21.0. The number of ether oxygens (including phenoxy) is 15. The van der Waals surface area contributed by atoms with E-state index in [2.05, 4.69) is 6.58 Å². The molecule has 1 N–H and O–H groups in total. The molecule has 4 heterocycles. The molecule has 0 spiro atoms. The SMILES string of the molecule is C=CCO[C@H]1O[C@@H]2COC(c3ccccc3)O[C@H]2[C@H](O)[C@H]1O[C@@H]1O[C@H](COC(C)=O)[C@@H](OC(C)=O)[C@H](O[C@@H]2O[C@H](COC(=O)c3ccccc3)[C@@H](OC(=O)c3ccccc3)[C@H](OC(=O)c3ccccc3)[C@H]2OC(=O)c2ccccc2)[C@H]1OC(C)=O. The lowest BCUT2D eigenvalue weighted by molar-refractivity contribution is -0.400. The van der Waals surface area contributed by atoms with Crippen molar-refractivity contribution in [1.29, 1.82) is 0 Å². The van der Waals surface area contributed by atoms with E-state index in [4.69, 9.17) is 71.1 Å². The Bertz CT molecular complexity index is 3060. The van der Waals surface area contributed by atoms with Gasteiger partial charge in [0.15, 0.2) is 55.7 Å². The highest BCUT2D eigenvalue weighted by Gasteiger charge is 2.60. The number of hydrogen-bond donors (Lipinski definition) is 1. The average Bonchev–Trinajstić information content (AvgIpc) is 3.38. The van der Waals surface area contributed by atoms with Crippen molar-refractivity contribution in [3.63, 3.8) is 0 Å².